The Morgan fingerprint density at radius 2 is 1.82 bits per heavy atom. The van der Waals surface area contributed by atoms with E-state index in [0.717, 1.165) is 23.8 Å². The standard InChI is InChI=1S/C23H25F2N3O4S/c1-32-20-5-2-4-16(10-20)13-27-15-23(29)22(11-17-8-18(24)12-19(25)9-17)28-33(30,31)21-6-3-7-26-14-21/h2-10,12,14,22-23,27-29H,11,13,15H2,1H3/t22-,23+/m1/s1. The summed E-state index contributed by atoms with van der Waals surface area (Å²) in [4.78, 5) is 3.72. The number of ether oxygens (including phenoxy) is 1. The molecular weight excluding hydrogens is 452 g/mol. The molecule has 0 fully saturated rings. The van der Waals surface area contributed by atoms with Gasteiger partial charge < -0.3 is 15.2 Å². The highest BCUT2D eigenvalue weighted by Crippen LogP contribution is 2.15. The molecule has 0 spiro atoms. The van der Waals surface area contributed by atoms with Crippen molar-refractivity contribution in [3.63, 3.8) is 0 Å². The van der Waals surface area contributed by atoms with E-state index < -0.39 is 33.8 Å². The van der Waals surface area contributed by atoms with E-state index in [2.05, 4.69) is 15.0 Å². The quantitative estimate of drug-likeness (QED) is 0.392. The fourth-order valence-corrected chi connectivity index (χ4v) is 4.53. The lowest BCUT2D eigenvalue weighted by Crippen LogP contribution is -2.48. The highest BCUT2D eigenvalue weighted by Gasteiger charge is 2.26. The molecule has 0 saturated heterocycles. The van der Waals surface area contributed by atoms with Gasteiger partial charge in [0, 0.05) is 31.5 Å². The van der Waals surface area contributed by atoms with E-state index in [-0.39, 0.29) is 23.4 Å². The zero-order valence-corrected chi connectivity index (χ0v) is 18.7. The molecule has 0 amide bonds. The first-order valence-electron chi connectivity index (χ1n) is 10.2. The smallest absolute Gasteiger partial charge is 0.242 e. The number of hydrogen-bond acceptors (Lipinski definition) is 6. The summed E-state index contributed by atoms with van der Waals surface area (Å²) in [6, 6.07) is 12.0. The summed E-state index contributed by atoms with van der Waals surface area (Å²) < 4.78 is 60.5. The van der Waals surface area contributed by atoms with Crippen molar-refractivity contribution in [2.75, 3.05) is 13.7 Å². The minimum Gasteiger partial charge on any atom is -0.497 e. The zero-order valence-electron chi connectivity index (χ0n) is 17.9. The molecule has 2 aromatic carbocycles. The first-order valence-corrected chi connectivity index (χ1v) is 11.6. The van der Waals surface area contributed by atoms with E-state index >= 15 is 0 Å². The monoisotopic (exact) mass is 477 g/mol. The molecule has 176 valence electrons. The molecule has 3 N–H and O–H groups in total. The average Bonchev–Trinajstić information content (AvgIpc) is 2.78. The molecule has 33 heavy (non-hydrogen) atoms. The highest BCUT2D eigenvalue weighted by atomic mass is 32.2. The molecular formula is C23H25F2N3O4S. The van der Waals surface area contributed by atoms with Gasteiger partial charge in [0.05, 0.1) is 19.3 Å². The second-order valence-electron chi connectivity index (χ2n) is 7.45. The molecule has 0 radical (unpaired) electrons. The van der Waals surface area contributed by atoms with Crippen molar-refractivity contribution in [3.05, 3.63) is 89.8 Å². The normalized spacial score (nSPS) is 13.5. The summed E-state index contributed by atoms with van der Waals surface area (Å²) in [5, 5.41) is 13.8. The van der Waals surface area contributed by atoms with Gasteiger partial charge in [0.2, 0.25) is 10.0 Å². The number of aromatic nitrogens is 1. The number of sulfonamides is 1. The van der Waals surface area contributed by atoms with E-state index in [9.17, 15) is 22.3 Å². The Morgan fingerprint density at radius 3 is 2.48 bits per heavy atom. The Morgan fingerprint density at radius 1 is 1.06 bits per heavy atom. The molecule has 10 heteroatoms. The van der Waals surface area contributed by atoms with Crippen molar-refractivity contribution in [3.8, 4) is 5.75 Å². The lowest BCUT2D eigenvalue weighted by Gasteiger charge is -2.25. The number of rotatable bonds is 11. The molecule has 0 aliphatic rings. The summed E-state index contributed by atoms with van der Waals surface area (Å²) in [6.45, 7) is 0.417. The van der Waals surface area contributed by atoms with Crippen LogP contribution in [0.15, 0.2) is 71.9 Å². The van der Waals surface area contributed by atoms with E-state index in [1.807, 2.05) is 18.2 Å². The number of nitrogens with one attached hydrogen (secondary N) is 2. The van der Waals surface area contributed by atoms with Crippen LogP contribution in [0.2, 0.25) is 0 Å². The minimum atomic E-state index is -4.04. The third kappa shape index (κ3) is 7.29. The number of nitrogens with zero attached hydrogens (tertiary/aromatic N) is 1. The lowest BCUT2D eigenvalue weighted by molar-refractivity contribution is 0.134. The van der Waals surface area contributed by atoms with E-state index in [1.165, 1.54) is 24.5 Å². The van der Waals surface area contributed by atoms with E-state index in [4.69, 9.17) is 4.74 Å². The van der Waals surface area contributed by atoms with Crippen molar-refractivity contribution in [1.82, 2.24) is 15.0 Å². The number of hydrogen-bond donors (Lipinski definition) is 3. The molecule has 1 heterocycles. The molecule has 0 aliphatic carbocycles. The van der Waals surface area contributed by atoms with Crippen molar-refractivity contribution in [2.45, 2.75) is 30.0 Å². The van der Waals surface area contributed by atoms with Crippen LogP contribution >= 0.6 is 0 Å². The van der Waals surface area contributed by atoms with Gasteiger partial charge in [0.25, 0.3) is 0 Å². The van der Waals surface area contributed by atoms with Crippen molar-refractivity contribution < 1.29 is 27.0 Å². The first kappa shape index (κ1) is 24.7. The Kier molecular flexibility index (Phi) is 8.45. The fraction of sp³-hybridized carbons (Fsp3) is 0.261. The second-order valence-corrected chi connectivity index (χ2v) is 9.16. The predicted molar refractivity (Wildman–Crippen MR) is 119 cm³/mol. The van der Waals surface area contributed by atoms with Crippen molar-refractivity contribution in [2.24, 2.45) is 0 Å². The Bertz CT molecular complexity index is 1140. The lowest BCUT2D eigenvalue weighted by atomic mass is 10.0. The summed E-state index contributed by atoms with van der Waals surface area (Å²) in [6.07, 6.45) is 1.28. The molecule has 0 unspecified atom stereocenters. The first-order chi connectivity index (χ1) is 15.8. The van der Waals surface area contributed by atoms with Crippen LogP contribution in [0, 0.1) is 11.6 Å². The van der Waals surface area contributed by atoms with Gasteiger partial charge in [-0.05, 0) is 53.9 Å². The topological polar surface area (TPSA) is 101 Å². The number of benzene rings is 2. The average molecular weight is 478 g/mol. The second kappa shape index (κ2) is 11.3. The molecule has 0 aliphatic heterocycles. The van der Waals surface area contributed by atoms with Gasteiger partial charge in [-0.3, -0.25) is 4.98 Å². The van der Waals surface area contributed by atoms with Crippen molar-refractivity contribution >= 4 is 10.0 Å². The van der Waals surface area contributed by atoms with Crippen LogP contribution in [0.5, 0.6) is 5.75 Å². The van der Waals surface area contributed by atoms with Crippen LogP contribution in [0.1, 0.15) is 11.1 Å². The van der Waals surface area contributed by atoms with Crippen LogP contribution in [0.3, 0.4) is 0 Å². The van der Waals surface area contributed by atoms with Gasteiger partial charge in [-0.15, -0.1) is 0 Å². The van der Waals surface area contributed by atoms with Gasteiger partial charge in [-0.1, -0.05) is 12.1 Å². The van der Waals surface area contributed by atoms with Crippen LogP contribution in [0.4, 0.5) is 8.78 Å². The van der Waals surface area contributed by atoms with Gasteiger partial charge in [-0.2, -0.15) is 0 Å². The van der Waals surface area contributed by atoms with Gasteiger partial charge >= 0.3 is 0 Å². The number of methoxy groups -OCH3 is 1. The molecule has 1 aromatic heterocycles. The molecule has 0 bridgehead atoms. The maximum Gasteiger partial charge on any atom is 0.242 e. The van der Waals surface area contributed by atoms with Crippen LogP contribution in [-0.2, 0) is 23.0 Å². The summed E-state index contributed by atoms with van der Waals surface area (Å²) >= 11 is 0. The SMILES string of the molecule is COc1cccc(CNC[C@H](O)[C@@H](Cc2cc(F)cc(F)c2)NS(=O)(=O)c2cccnc2)c1. The fourth-order valence-electron chi connectivity index (χ4n) is 3.30. The summed E-state index contributed by atoms with van der Waals surface area (Å²) in [5.74, 6) is -0.890. The van der Waals surface area contributed by atoms with Crippen molar-refractivity contribution in [1.29, 1.82) is 0 Å². The number of halogens is 2. The molecule has 2 atom stereocenters. The van der Waals surface area contributed by atoms with Crippen LogP contribution in [-0.4, -0.2) is 44.3 Å². The Labute approximate surface area is 191 Å². The summed E-state index contributed by atoms with van der Waals surface area (Å²) in [7, 11) is -2.48. The highest BCUT2D eigenvalue weighted by molar-refractivity contribution is 7.89. The predicted octanol–water partition coefficient (Wildman–Crippen LogP) is 2.41. The number of pyridine rings is 1. The minimum absolute atomic E-state index is 0.0230. The molecule has 3 aromatic rings. The van der Waals surface area contributed by atoms with E-state index in [0.29, 0.717) is 12.3 Å². The van der Waals surface area contributed by atoms with Gasteiger partial charge in [-0.25, -0.2) is 21.9 Å². The summed E-state index contributed by atoms with van der Waals surface area (Å²) in [5.41, 5.74) is 1.11. The molecule has 3 rings (SSSR count). The Balaban J connectivity index is 1.74. The Hall–Kier alpha value is -2.92. The number of aliphatic hydroxyl groups excluding tert-OH is 1. The van der Waals surface area contributed by atoms with Gasteiger partial charge in [0.15, 0.2) is 0 Å². The third-order valence-corrected chi connectivity index (χ3v) is 6.39. The van der Waals surface area contributed by atoms with Crippen LogP contribution < -0.4 is 14.8 Å². The zero-order chi connectivity index (χ0) is 23.8. The largest absolute Gasteiger partial charge is 0.497 e. The van der Waals surface area contributed by atoms with Gasteiger partial charge in [0.1, 0.15) is 22.3 Å². The molecule has 7 nitrogen and oxygen atoms in total. The maximum atomic E-state index is 13.7. The maximum absolute atomic E-state index is 13.7. The third-order valence-electron chi connectivity index (χ3n) is 4.91. The molecule has 0 saturated carbocycles. The van der Waals surface area contributed by atoms with Crippen LogP contribution in [0.25, 0.3) is 0 Å². The number of aliphatic hydroxyl groups is 1. The van der Waals surface area contributed by atoms with E-state index in [1.54, 1.807) is 13.2 Å².